The molecule has 4 heterocycles. The van der Waals surface area contributed by atoms with Crippen molar-refractivity contribution >= 4 is 17.9 Å². The fourth-order valence-electron chi connectivity index (χ4n) is 8.45. The van der Waals surface area contributed by atoms with Gasteiger partial charge in [-0.3, -0.25) is 4.79 Å². The summed E-state index contributed by atoms with van der Waals surface area (Å²) in [6.07, 6.45) is -8.31. The van der Waals surface area contributed by atoms with Gasteiger partial charge in [-0.1, -0.05) is 25.9 Å². The number of aliphatic hydroxyl groups excluding tert-OH is 2. The summed E-state index contributed by atoms with van der Waals surface area (Å²) in [6, 6.07) is -1.15. The lowest BCUT2D eigenvalue weighted by Crippen LogP contribution is -2.67. The Morgan fingerprint density at radius 1 is 1.06 bits per heavy atom. The number of rotatable bonds is 1. The van der Waals surface area contributed by atoms with E-state index in [1.165, 1.54) is 6.92 Å². The van der Waals surface area contributed by atoms with E-state index < -0.39 is 93.9 Å². The molecule has 2 saturated carbocycles. The number of hydrogen-bond donors (Lipinski definition) is 3. The Morgan fingerprint density at radius 2 is 1.73 bits per heavy atom. The smallest absolute Gasteiger partial charge is 0.343 e. The molecule has 33 heavy (non-hydrogen) atoms. The summed E-state index contributed by atoms with van der Waals surface area (Å²) < 4.78 is 22.5. The second kappa shape index (κ2) is 5.44. The van der Waals surface area contributed by atoms with E-state index in [9.17, 15) is 35.2 Å². The summed E-state index contributed by atoms with van der Waals surface area (Å²) in [5.74, 6) is -5.23. The minimum Gasteiger partial charge on any atom is -0.459 e. The van der Waals surface area contributed by atoms with E-state index >= 15 is 0 Å². The van der Waals surface area contributed by atoms with E-state index in [2.05, 4.69) is 10.0 Å². The third-order valence-electron chi connectivity index (χ3n) is 9.13. The maximum Gasteiger partial charge on any atom is 0.343 e. The second-order valence-electron chi connectivity index (χ2n) is 11.0. The van der Waals surface area contributed by atoms with Crippen molar-refractivity contribution in [1.29, 1.82) is 0 Å². The second-order valence-corrected chi connectivity index (χ2v) is 11.0. The minimum atomic E-state index is -2.42. The molecule has 4 aliphatic heterocycles. The van der Waals surface area contributed by atoms with Gasteiger partial charge in [0.25, 0.3) is 0 Å². The fourth-order valence-corrected chi connectivity index (χ4v) is 8.45. The standard InChI is InChI=1S/C20H23N3O10/c1-5-12(26)30-11-8(24)18-10-6(22-23-21)7(16(2,3)4)17(18)9(25)13(27)32-15(17)33-20(18,14(28)31-10)19(5,11)29/h5-11,15,24-25,29H,1-4H3/t5-,6+,7+,8+,9+,10?,11+,15?,17?,18-,19-,20?/m1/s1. The summed E-state index contributed by atoms with van der Waals surface area (Å²) in [5, 5.41) is 39.0. The molecule has 178 valence electrons. The monoisotopic (exact) mass is 465 g/mol. The van der Waals surface area contributed by atoms with Gasteiger partial charge >= 0.3 is 17.9 Å². The van der Waals surface area contributed by atoms with E-state index in [0.717, 1.165) is 0 Å². The lowest BCUT2D eigenvalue weighted by molar-refractivity contribution is -0.239. The molecule has 12 atom stereocenters. The van der Waals surface area contributed by atoms with Gasteiger partial charge in [-0.05, 0) is 23.8 Å². The zero-order valence-electron chi connectivity index (χ0n) is 18.2. The van der Waals surface area contributed by atoms with Crippen LogP contribution in [0.4, 0.5) is 0 Å². The van der Waals surface area contributed by atoms with Crippen LogP contribution in [0.5, 0.6) is 0 Å². The Hall–Kier alpha value is -2.44. The Bertz CT molecular complexity index is 1080. The largest absolute Gasteiger partial charge is 0.459 e. The number of ether oxygens (including phenoxy) is 4. The quantitative estimate of drug-likeness (QED) is 0.141. The molecule has 3 N–H and O–H groups in total. The highest BCUT2D eigenvalue weighted by atomic mass is 16.8. The predicted molar refractivity (Wildman–Crippen MR) is 100 cm³/mol. The van der Waals surface area contributed by atoms with E-state index in [4.69, 9.17) is 18.9 Å². The SMILES string of the molecule is C[C@@H]1C(=O)O[C@H]2[C@H](O)[C@]34C5OC(=O)C3(OC3OC(=O)[C@H](O)C34[C@H](C(C)(C)C)[C@@H]5N=[N+]=[N-])[C@@]12O. The molecule has 2 aliphatic carbocycles. The zero-order chi connectivity index (χ0) is 24.1. The van der Waals surface area contributed by atoms with Crippen LogP contribution in [-0.2, 0) is 33.3 Å². The van der Waals surface area contributed by atoms with Crippen LogP contribution >= 0.6 is 0 Å². The number of fused-ring (bicyclic) bond motifs is 1. The Balaban J connectivity index is 1.76. The molecule has 0 aromatic carbocycles. The van der Waals surface area contributed by atoms with Crippen LogP contribution in [0.2, 0.25) is 0 Å². The first kappa shape index (κ1) is 21.1. The average molecular weight is 465 g/mol. The maximum atomic E-state index is 13.6. The van der Waals surface area contributed by atoms with Gasteiger partial charge in [0.15, 0.2) is 17.8 Å². The lowest BCUT2D eigenvalue weighted by atomic mass is 9.51. The van der Waals surface area contributed by atoms with Crippen molar-refractivity contribution < 1.29 is 48.7 Å². The normalized spacial score (nSPS) is 57.6. The highest BCUT2D eigenvalue weighted by Crippen LogP contribution is 2.84. The number of nitrogens with zero attached hydrogens (tertiary/aromatic N) is 3. The first-order chi connectivity index (χ1) is 15.3. The van der Waals surface area contributed by atoms with Crippen LogP contribution in [0, 0.1) is 28.1 Å². The van der Waals surface area contributed by atoms with E-state index in [1.54, 1.807) is 20.8 Å². The zero-order valence-corrected chi connectivity index (χ0v) is 18.2. The van der Waals surface area contributed by atoms with Crippen molar-refractivity contribution in [3.63, 3.8) is 0 Å². The molecular formula is C20H23N3O10. The summed E-state index contributed by atoms with van der Waals surface area (Å²) in [7, 11) is 0. The first-order valence-electron chi connectivity index (χ1n) is 10.7. The van der Waals surface area contributed by atoms with Crippen molar-refractivity contribution in [2.75, 3.05) is 0 Å². The van der Waals surface area contributed by atoms with E-state index in [-0.39, 0.29) is 0 Å². The molecule has 0 aromatic rings. The van der Waals surface area contributed by atoms with Crippen molar-refractivity contribution in [3.05, 3.63) is 10.4 Å². The molecule has 0 radical (unpaired) electrons. The molecule has 13 nitrogen and oxygen atoms in total. The highest BCUT2D eigenvalue weighted by molar-refractivity contribution is 5.94. The number of carbonyl (C=O) groups is 3. The molecule has 0 bridgehead atoms. The summed E-state index contributed by atoms with van der Waals surface area (Å²) in [5.41, 5.74) is -0.138. The van der Waals surface area contributed by atoms with E-state index in [0.29, 0.717) is 0 Å². The van der Waals surface area contributed by atoms with Gasteiger partial charge in [0, 0.05) is 4.91 Å². The maximum absolute atomic E-state index is 13.6. The molecule has 4 unspecified atom stereocenters. The van der Waals surface area contributed by atoms with Crippen LogP contribution in [0.15, 0.2) is 5.11 Å². The molecule has 6 fully saturated rings. The van der Waals surface area contributed by atoms with Crippen LogP contribution in [0.3, 0.4) is 0 Å². The minimum absolute atomic E-state index is 0.806. The van der Waals surface area contributed by atoms with Crippen LogP contribution < -0.4 is 0 Å². The Kier molecular flexibility index (Phi) is 3.48. The number of aliphatic hydroxyl groups is 3. The molecule has 13 heteroatoms. The summed E-state index contributed by atoms with van der Waals surface area (Å²) in [4.78, 5) is 41.6. The highest BCUT2D eigenvalue weighted by Gasteiger charge is 3.05. The topological polar surface area (TPSA) is 198 Å². The van der Waals surface area contributed by atoms with Crippen LogP contribution in [0.25, 0.3) is 10.4 Å². The Labute approximate surface area is 186 Å². The molecule has 4 saturated heterocycles. The van der Waals surface area contributed by atoms with Gasteiger partial charge in [0.1, 0.15) is 12.2 Å². The lowest BCUT2D eigenvalue weighted by Gasteiger charge is -2.47. The number of azide groups is 1. The van der Waals surface area contributed by atoms with Gasteiger partial charge < -0.3 is 34.3 Å². The van der Waals surface area contributed by atoms with Gasteiger partial charge in [0.05, 0.1) is 22.8 Å². The third-order valence-corrected chi connectivity index (χ3v) is 9.13. The van der Waals surface area contributed by atoms with Crippen molar-refractivity contribution in [2.24, 2.45) is 33.2 Å². The van der Waals surface area contributed by atoms with Gasteiger partial charge in [-0.15, -0.1) is 0 Å². The number of carbonyl (C=O) groups excluding carboxylic acids is 3. The molecule has 6 aliphatic rings. The summed E-state index contributed by atoms with van der Waals surface area (Å²) in [6.45, 7) is 6.66. The first-order valence-corrected chi connectivity index (χ1v) is 10.7. The third kappa shape index (κ3) is 1.60. The van der Waals surface area contributed by atoms with Crippen molar-refractivity contribution in [2.45, 2.75) is 75.6 Å². The predicted octanol–water partition coefficient (Wildman–Crippen LogP) is -1.08. The van der Waals surface area contributed by atoms with E-state index in [1.807, 2.05) is 0 Å². The Morgan fingerprint density at radius 3 is 2.33 bits per heavy atom. The van der Waals surface area contributed by atoms with Crippen molar-refractivity contribution in [1.82, 2.24) is 0 Å². The molecular weight excluding hydrogens is 442 g/mol. The van der Waals surface area contributed by atoms with Crippen LogP contribution in [0.1, 0.15) is 27.7 Å². The van der Waals surface area contributed by atoms with Gasteiger partial charge in [0.2, 0.25) is 11.9 Å². The number of hydrogen-bond acceptors (Lipinski definition) is 11. The number of esters is 3. The molecule has 6 rings (SSSR count). The fraction of sp³-hybridized carbons (Fsp3) is 0.850. The van der Waals surface area contributed by atoms with Gasteiger partial charge in [-0.2, -0.15) is 0 Å². The average Bonchev–Trinajstić information content (AvgIpc) is 3.41. The molecule has 2 spiro atoms. The summed E-state index contributed by atoms with van der Waals surface area (Å²) >= 11 is 0. The molecule has 0 aromatic heterocycles. The van der Waals surface area contributed by atoms with Crippen LogP contribution in [-0.4, -0.2) is 81.2 Å². The van der Waals surface area contributed by atoms with Crippen molar-refractivity contribution in [3.8, 4) is 0 Å². The molecule has 0 amide bonds. The van der Waals surface area contributed by atoms with Gasteiger partial charge in [-0.25, -0.2) is 9.59 Å².